The fourth-order valence-electron chi connectivity index (χ4n) is 8.74. The molecular weight excluding hydrogens is 745 g/mol. The first-order chi connectivity index (χ1) is 28.8. The summed E-state index contributed by atoms with van der Waals surface area (Å²) in [6.45, 7) is 21.1. The number of carbonyl (C=O) groups excluding carboxylic acids is 2. The number of allylic oxidation sites excluding steroid dienone is 6. The van der Waals surface area contributed by atoms with E-state index in [0.29, 0.717) is 33.7 Å². The molecule has 314 valence electrons. The Bertz CT molecular complexity index is 2190. The predicted molar refractivity (Wildman–Crippen MR) is 249 cm³/mol. The zero-order chi connectivity index (χ0) is 42.9. The van der Waals surface area contributed by atoms with Crippen molar-refractivity contribution >= 4 is 56.9 Å². The van der Waals surface area contributed by atoms with Gasteiger partial charge in [0.2, 0.25) is 11.6 Å². The molecule has 0 aromatic heterocycles. The fraction of sp³-hybridized carbons (Fsp3) is 0.423. The van der Waals surface area contributed by atoms with Crippen molar-refractivity contribution in [2.75, 3.05) is 36.0 Å². The highest BCUT2D eigenvalue weighted by Crippen LogP contribution is 2.51. The Labute approximate surface area is 356 Å². The summed E-state index contributed by atoms with van der Waals surface area (Å²) in [6.07, 6.45) is 12.5. The van der Waals surface area contributed by atoms with Crippen LogP contribution in [0.15, 0.2) is 105 Å². The molecule has 0 amide bonds. The van der Waals surface area contributed by atoms with Gasteiger partial charge in [-0.3, -0.25) is 19.6 Å². The first-order valence-corrected chi connectivity index (χ1v) is 22.2. The molecule has 8 nitrogen and oxygen atoms in total. The molecule has 0 radical (unpaired) electrons. The summed E-state index contributed by atoms with van der Waals surface area (Å²) in [5.74, 6) is -0.370. The number of ketones is 2. The fourth-order valence-corrected chi connectivity index (χ4v) is 8.74. The lowest BCUT2D eigenvalue weighted by Gasteiger charge is -2.27. The molecule has 8 heteroatoms. The van der Waals surface area contributed by atoms with Gasteiger partial charge in [0.1, 0.15) is 11.5 Å². The van der Waals surface area contributed by atoms with E-state index in [2.05, 4.69) is 95.5 Å². The number of Topliss-reactive ketones (excluding diaryl/α,β-unsaturated/α-hetero) is 2. The zero-order valence-corrected chi connectivity index (χ0v) is 36.9. The van der Waals surface area contributed by atoms with Crippen molar-refractivity contribution in [2.45, 2.75) is 118 Å². The molecule has 4 aliphatic rings. The van der Waals surface area contributed by atoms with Gasteiger partial charge in [-0.05, 0) is 96.5 Å². The third-order valence-electron chi connectivity index (χ3n) is 12.9. The minimum atomic E-state index is -0.550. The summed E-state index contributed by atoms with van der Waals surface area (Å²) in [4.78, 5) is 41.9. The molecule has 0 saturated carbocycles. The Hall–Kier alpha value is -5.50. The van der Waals surface area contributed by atoms with Gasteiger partial charge in [0.05, 0.1) is 45.1 Å². The second-order valence-corrected chi connectivity index (χ2v) is 17.8. The maximum absolute atomic E-state index is 13.6. The Morgan fingerprint density at radius 1 is 0.533 bits per heavy atom. The van der Waals surface area contributed by atoms with Crippen molar-refractivity contribution < 1.29 is 19.8 Å². The number of benzene rings is 3. The first-order valence-electron chi connectivity index (χ1n) is 22.2. The molecule has 2 aliphatic heterocycles. The van der Waals surface area contributed by atoms with Crippen molar-refractivity contribution in [1.82, 2.24) is 0 Å². The Morgan fingerprint density at radius 2 is 0.867 bits per heavy atom. The number of fused-ring (bicyclic) bond motifs is 2. The maximum atomic E-state index is 13.6. The molecule has 3 aromatic rings. The molecule has 0 unspecified atom stereocenters. The number of hydrogen-bond donors (Lipinski definition) is 2. The zero-order valence-electron chi connectivity index (χ0n) is 36.9. The van der Waals surface area contributed by atoms with E-state index >= 15 is 0 Å². The van der Waals surface area contributed by atoms with Crippen LogP contribution in [0.1, 0.15) is 129 Å². The summed E-state index contributed by atoms with van der Waals surface area (Å²) in [5.41, 5.74) is 8.75. The Balaban J connectivity index is 1.10. The van der Waals surface area contributed by atoms with Crippen molar-refractivity contribution in [3.8, 4) is 0 Å². The van der Waals surface area contributed by atoms with Crippen molar-refractivity contribution in [1.29, 1.82) is 0 Å². The summed E-state index contributed by atoms with van der Waals surface area (Å²) in [5, 5.41) is 22.5. The van der Waals surface area contributed by atoms with Crippen LogP contribution >= 0.6 is 0 Å². The highest BCUT2D eigenvalue weighted by Gasteiger charge is 2.43. The van der Waals surface area contributed by atoms with E-state index in [1.54, 1.807) is 12.2 Å². The molecular formula is C52H62N4O4. The molecule has 0 bridgehead atoms. The summed E-state index contributed by atoms with van der Waals surface area (Å²) < 4.78 is 0. The van der Waals surface area contributed by atoms with Crippen molar-refractivity contribution in [3.63, 3.8) is 0 Å². The van der Waals surface area contributed by atoms with Crippen molar-refractivity contribution in [2.24, 2.45) is 9.98 Å². The molecule has 60 heavy (non-hydrogen) atoms. The average molecular weight is 807 g/mol. The SMILES string of the molecule is CCCCN(CCCC)c1ccc(C2=C(O)/C(=C\C3=Nc4cc5c(cc4C3(C)C)C(C)(C)C(/C=C3/C(=O)C(c4ccc(N(CCCC)CCCC)cc4)=C3O)=N5)C2=O)cc1. The largest absolute Gasteiger partial charge is 0.506 e. The van der Waals surface area contributed by atoms with Crippen LogP contribution in [-0.2, 0) is 20.4 Å². The smallest absolute Gasteiger partial charge is 0.201 e. The molecule has 7 rings (SSSR count). The summed E-state index contributed by atoms with van der Waals surface area (Å²) in [6, 6.07) is 20.1. The van der Waals surface area contributed by atoms with Crippen LogP contribution in [0.5, 0.6) is 0 Å². The van der Waals surface area contributed by atoms with Gasteiger partial charge in [0.15, 0.2) is 0 Å². The minimum absolute atomic E-state index is 0.00131. The molecule has 2 N–H and O–H groups in total. The quantitative estimate of drug-likeness (QED) is 0.124. The van der Waals surface area contributed by atoms with Gasteiger partial charge >= 0.3 is 0 Å². The lowest BCUT2D eigenvalue weighted by molar-refractivity contribution is -0.112. The lowest BCUT2D eigenvalue weighted by Crippen LogP contribution is -2.29. The topological polar surface area (TPSA) is 106 Å². The van der Waals surface area contributed by atoms with Crippen LogP contribution in [0.25, 0.3) is 11.1 Å². The van der Waals surface area contributed by atoms with Crippen molar-refractivity contribution in [3.05, 3.63) is 118 Å². The van der Waals surface area contributed by atoms with Crippen LogP contribution in [0.3, 0.4) is 0 Å². The monoisotopic (exact) mass is 806 g/mol. The summed E-state index contributed by atoms with van der Waals surface area (Å²) in [7, 11) is 0. The van der Waals surface area contributed by atoms with E-state index in [1.807, 2.05) is 30.3 Å². The average Bonchev–Trinajstić information content (AvgIpc) is 3.64. The number of anilines is 2. The third kappa shape index (κ3) is 7.70. The molecule has 2 heterocycles. The molecule has 0 spiro atoms. The van der Waals surface area contributed by atoms with Gasteiger partial charge in [0.25, 0.3) is 0 Å². The van der Waals surface area contributed by atoms with E-state index in [0.717, 1.165) is 111 Å². The minimum Gasteiger partial charge on any atom is -0.506 e. The molecule has 0 fully saturated rings. The van der Waals surface area contributed by atoms with Gasteiger partial charge in [-0.1, -0.05) is 105 Å². The Morgan fingerprint density at radius 3 is 1.17 bits per heavy atom. The second kappa shape index (κ2) is 17.2. The molecule has 0 atom stereocenters. The number of nitrogens with zero attached hydrogens (tertiary/aromatic N) is 4. The summed E-state index contributed by atoms with van der Waals surface area (Å²) >= 11 is 0. The number of rotatable bonds is 18. The van der Waals surface area contributed by atoms with Gasteiger partial charge in [-0.25, -0.2) is 0 Å². The van der Waals surface area contributed by atoms with E-state index in [9.17, 15) is 19.8 Å². The predicted octanol–water partition coefficient (Wildman–Crippen LogP) is 12.2. The van der Waals surface area contributed by atoms with Crippen LogP contribution in [0.2, 0.25) is 0 Å². The van der Waals surface area contributed by atoms with Crippen LogP contribution in [0.4, 0.5) is 22.7 Å². The highest BCUT2D eigenvalue weighted by atomic mass is 16.3. The highest BCUT2D eigenvalue weighted by molar-refractivity contribution is 6.41. The number of carbonyl (C=O) groups is 2. The van der Waals surface area contributed by atoms with E-state index in [-0.39, 0.29) is 34.2 Å². The van der Waals surface area contributed by atoms with Gasteiger partial charge in [-0.15, -0.1) is 0 Å². The molecule has 2 aliphatic carbocycles. The Kier molecular flexibility index (Phi) is 12.2. The van der Waals surface area contributed by atoms with Gasteiger partial charge in [-0.2, -0.15) is 0 Å². The van der Waals surface area contributed by atoms with E-state index in [4.69, 9.17) is 9.98 Å². The molecule has 0 saturated heterocycles. The number of unbranched alkanes of at least 4 members (excludes halogenated alkanes) is 4. The normalized spacial score (nSPS) is 18.7. The van der Waals surface area contributed by atoms with E-state index in [1.165, 1.54) is 0 Å². The first kappa shape index (κ1) is 42.6. The standard InChI is InChI=1S/C52H62N4O4/c1-9-13-25-55(26-14-10-2)35-21-17-33(18-22-35)45-47(57)37(48(45)58)29-43-51(5,6)39-31-40-42(32-41(39)53-43)54-44(52(40,7)8)30-38-49(59)46(50(38)60)34-19-23-36(24-20-34)56(27-15-11-3)28-16-12-4/h17-24,29-32,57,59H,9-16,25-28H2,1-8H3/b37-29+,38-30+. The number of aliphatic hydroxyl groups is 2. The third-order valence-corrected chi connectivity index (χ3v) is 12.9. The second-order valence-electron chi connectivity index (χ2n) is 17.8. The molecule has 3 aromatic carbocycles. The number of aliphatic imine (C=N–C) groups is 2. The maximum Gasteiger partial charge on any atom is 0.201 e. The number of aliphatic hydroxyl groups excluding tert-OH is 2. The van der Waals surface area contributed by atoms with Crippen LogP contribution < -0.4 is 9.80 Å². The lowest BCUT2D eigenvalue weighted by atomic mass is 9.74. The number of hydrogen-bond acceptors (Lipinski definition) is 8. The van der Waals surface area contributed by atoms with Gasteiger partial charge < -0.3 is 20.0 Å². The van der Waals surface area contributed by atoms with Crippen LogP contribution in [0, 0.1) is 0 Å². The van der Waals surface area contributed by atoms with Crippen LogP contribution in [-0.4, -0.2) is 59.4 Å². The van der Waals surface area contributed by atoms with E-state index < -0.39 is 10.8 Å². The van der Waals surface area contributed by atoms with Gasteiger partial charge in [0, 0.05) is 48.4 Å².